The number of likely N-dealkylation sites (N-methyl/N-ethyl adjacent to an activating group) is 1. The summed E-state index contributed by atoms with van der Waals surface area (Å²) >= 11 is 6.14. The fourth-order valence-electron chi connectivity index (χ4n) is 2.18. The Labute approximate surface area is 105 Å². The number of hydrogen-bond acceptors (Lipinski definition) is 2. The first kappa shape index (κ1) is 10.8. The minimum Gasteiger partial charge on any atom is -0.339 e. The Morgan fingerprint density at radius 1 is 1.47 bits per heavy atom. The quantitative estimate of drug-likeness (QED) is 0.840. The summed E-state index contributed by atoms with van der Waals surface area (Å²) < 4.78 is 0. The van der Waals surface area contributed by atoms with Gasteiger partial charge in [0.05, 0.1) is 5.02 Å². The monoisotopic (exact) mass is 247 g/mol. The van der Waals surface area contributed by atoms with Crippen LogP contribution in [-0.4, -0.2) is 35.0 Å². The molecule has 2 aromatic heterocycles. The predicted octanol–water partition coefficient (Wildman–Crippen LogP) is 2.94. The highest BCUT2D eigenvalue weighted by Crippen LogP contribution is 2.27. The standard InChI is InChI=1S/C13H14ClN3/c1-17-6-3-9(4-7-17)12-8-10-11(14)2-5-15-13(10)16-12/h2-3,5,8H,4,6-7H2,1H3,(H,15,16). The van der Waals surface area contributed by atoms with E-state index in [0.29, 0.717) is 0 Å². The van der Waals surface area contributed by atoms with E-state index in [1.165, 1.54) is 5.57 Å². The third-order valence-electron chi connectivity index (χ3n) is 3.24. The van der Waals surface area contributed by atoms with Crippen molar-refractivity contribution in [1.29, 1.82) is 0 Å². The van der Waals surface area contributed by atoms with E-state index in [9.17, 15) is 0 Å². The second-order valence-corrected chi connectivity index (χ2v) is 4.89. The minimum atomic E-state index is 0.756. The number of H-pyrrole nitrogens is 1. The lowest BCUT2D eigenvalue weighted by Crippen LogP contribution is -2.23. The van der Waals surface area contributed by atoms with E-state index in [1.807, 2.05) is 6.07 Å². The molecule has 0 spiro atoms. The van der Waals surface area contributed by atoms with E-state index < -0.39 is 0 Å². The summed E-state index contributed by atoms with van der Waals surface area (Å²) in [5, 5.41) is 1.76. The molecule has 0 bridgehead atoms. The highest BCUT2D eigenvalue weighted by Gasteiger charge is 2.12. The van der Waals surface area contributed by atoms with Gasteiger partial charge in [0, 0.05) is 30.4 Å². The molecule has 1 aliphatic rings. The Kier molecular flexibility index (Phi) is 2.65. The average Bonchev–Trinajstić information content (AvgIpc) is 2.75. The fourth-order valence-corrected chi connectivity index (χ4v) is 2.38. The zero-order chi connectivity index (χ0) is 11.8. The SMILES string of the molecule is CN1CC=C(c2cc3c(Cl)ccnc3[nH]2)CC1. The summed E-state index contributed by atoms with van der Waals surface area (Å²) in [4.78, 5) is 9.94. The second-order valence-electron chi connectivity index (χ2n) is 4.48. The first-order valence-corrected chi connectivity index (χ1v) is 6.13. The Balaban J connectivity index is 2.04. The molecule has 1 N–H and O–H groups in total. The normalized spacial score (nSPS) is 17.4. The Hall–Kier alpha value is -1.32. The summed E-state index contributed by atoms with van der Waals surface area (Å²) in [6.07, 6.45) is 5.07. The highest BCUT2D eigenvalue weighted by atomic mass is 35.5. The molecule has 0 radical (unpaired) electrons. The molecule has 3 nitrogen and oxygen atoms in total. The second kappa shape index (κ2) is 4.17. The lowest BCUT2D eigenvalue weighted by Gasteiger charge is -2.21. The van der Waals surface area contributed by atoms with Crippen molar-refractivity contribution in [1.82, 2.24) is 14.9 Å². The van der Waals surface area contributed by atoms with E-state index in [-0.39, 0.29) is 0 Å². The fraction of sp³-hybridized carbons (Fsp3) is 0.308. The van der Waals surface area contributed by atoms with Crippen LogP contribution in [0.25, 0.3) is 16.6 Å². The van der Waals surface area contributed by atoms with E-state index in [2.05, 4.69) is 34.1 Å². The minimum absolute atomic E-state index is 0.756. The summed E-state index contributed by atoms with van der Waals surface area (Å²) in [5.41, 5.74) is 3.37. The van der Waals surface area contributed by atoms with Crippen LogP contribution in [-0.2, 0) is 0 Å². The zero-order valence-electron chi connectivity index (χ0n) is 9.70. The van der Waals surface area contributed by atoms with Gasteiger partial charge in [0.2, 0.25) is 0 Å². The third kappa shape index (κ3) is 1.96. The first-order valence-electron chi connectivity index (χ1n) is 5.75. The number of nitrogens with one attached hydrogen (secondary N) is 1. The highest BCUT2D eigenvalue weighted by molar-refractivity contribution is 6.35. The van der Waals surface area contributed by atoms with E-state index in [4.69, 9.17) is 11.6 Å². The largest absolute Gasteiger partial charge is 0.339 e. The van der Waals surface area contributed by atoms with Gasteiger partial charge in [-0.15, -0.1) is 0 Å². The molecule has 1 aliphatic heterocycles. The topological polar surface area (TPSA) is 31.9 Å². The van der Waals surface area contributed by atoms with Gasteiger partial charge in [-0.05, 0) is 31.2 Å². The van der Waals surface area contributed by atoms with Crippen LogP contribution in [0.15, 0.2) is 24.4 Å². The number of fused-ring (bicyclic) bond motifs is 1. The van der Waals surface area contributed by atoms with Crippen molar-refractivity contribution in [3.05, 3.63) is 35.1 Å². The summed E-state index contributed by atoms with van der Waals surface area (Å²) in [6.45, 7) is 2.11. The van der Waals surface area contributed by atoms with Gasteiger partial charge in [-0.2, -0.15) is 0 Å². The van der Waals surface area contributed by atoms with Crippen LogP contribution in [0.2, 0.25) is 5.02 Å². The third-order valence-corrected chi connectivity index (χ3v) is 3.57. The molecule has 0 unspecified atom stereocenters. The van der Waals surface area contributed by atoms with Crippen LogP contribution in [0.1, 0.15) is 12.1 Å². The van der Waals surface area contributed by atoms with Gasteiger partial charge in [-0.25, -0.2) is 4.98 Å². The van der Waals surface area contributed by atoms with Crippen molar-refractivity contribution in [2.45, 2.75) is 6.42 Å². The van der Waals surface area contributed by atoms with Crippen molar-refractivity contribution in [2.75, 3.05) is 20.1 Å². The zero-order valence-corrected chi connectivity index (χ0v) is 10.5. The maximum absolute atomic E-state index is 6.14. The molecule has 88 valence electrons. The molecule has 0 amide bonds. The number of hydrogen-bond donors (Lipinski definition) is 1. The van der Waals surface area contributed by atoms with Crippen molar-refractivity contribution in [2.24, 2.45) is 0 Å². The predicted molar refractivity (Wildman–Crippen MR) is 71.2 cm³/mol. The summed E-state index contributed by atoms with van der Waals surface area (Å²) in [6, 6.07) is 3.92. The van der Waals surface area contributed by atoms with E-state index >= 15 is 0 Å². The van der Waals surface area contributed by atoms with Crippen LogP contribution in [0, 0.1) is 0 Å². The summed E-state index contributed by atoms with van der Waals surface area (Å²) in [7, 11) is 2.14. The van der Waals surface area contributed by atoms with Gasteiger partial charge in [-0.3, -0.25) is 0 Å². The van der Waals surface area contributed by atoms with Crippen molar-refractivity contribution in [3.63, 3.8) is 0 Å². The molecule has 0 atom stereocenters. The van der Waals surface area contributed by atoms with Gasteiger partial charge in [0.25, 0.3) is 0 Å². The number of pyridine rings is 1. The lowest BCUT2D eigenvalue weighted by molar-refractivity contribution is 0.370. The molecule has 0 aliphatic carbocycles. The lowest BCUT2D eigenvalue weighted by atomic mass is 10.1. The van der Waals surface area contributed by atoms with Gasteiger partial charge in [-0.1, -0.05) is 17.7 Å². The number of rotatable bonds is 1. The molecule has 3 rings (SSSR count). The smallest absolute Gasteiger partial charge is 0.139 e. The van der Waals surface area contributed by atoms with Gasteiger partial charge in [0.15, 0.2) is 0 Å². The van der Waals surface area contributed by atoms with Gasteiger partial charge in [0.1, 0.15) is 5.65 Å². The first-order chi connectivity index (χ1) is 8.24. The van der Waals surface area contributed by atoms with Crippen LogP contribution in [0.5, 0.6) is 0 Å². The van der Waals surface area contributed by atoms with Crippen LogP contribution in [0.3, 0.4) is 0 Å². The van der Waals surface area contributed by atoms with Gasteiger partial charge >= 0.3 is 0 Å². The van der Waals surface area contributed by atoms with Crippen molar-refractivity contribution < 1.29 is 0 Å². The average molecular weight is 248 g/mol. The molecule has 0 aromatic carbocycles. The number of aromatic nitrogens is 2. The number of aromatic amines is 1. The van der Waals surface area contributed by atoms with E-state index in [1.54, 1.807) is 6.20 Å². The Bertz CT molecular complexity index is 585. The van der Waals surface area contributed by atoms with Crippen LogP contribution < -0.4 is 0 Å². The maximum atomic E-state index is 6.14. The van der Waals surface area contributed by atoms with Crippen molar-refractivity contribution in [3.8, 4) is 0 Å². The van der Waals surface area contributed by atoms with E-state index in [0.717, 1.165) is 41.3 Å². The molecule has 0 saturated carbocycles. The van der Waals surface area contributed by atoms with Gasteiger partial charge < -0.3 is 9.88 Å². The van der Waals surface area contributed by atoms with Crippen LogP contribution >= 0.6 is 11.6 Å². The molecule has 2 aromatic rings. The maximum Gasteiger partial charge on any atom is 0.139 e. The number of halogens is 1. The molecule has 0 saturated heterocycles. The summed E-state index contributed by atoms with van der Waals surface area (Å²) in [5.74, 6) is 0. The molecular formula is C13H14ClN3. The van der Waals surface area contributed by atoms with Crippen LogP contribution in [0.4, 0.5) is 0 Å². The molecule has 3 heterocycles. The molecule has 4 heteroatoms. The number of nitrogens with zero attached hydrogens (tertiary/aromatic N) is 2. The molecular weight excluding hydrogens is 234 g/mol. The molecule has 0 fully saturated rings. The Morgan fingerprint density at radius 2 is 2.35 bits per heavy atom. The Morgan fingerprint density at radius 3 is 3.06 bits per heavy atom. The molecule has 17 heavy (non-hydrogen) atoms. The van der Waals surface area contributed by atoms with Crippen molar-refractivity contribution >= 4 is 28.2 Å².